The zero-order chi connectivity index (χ0) is 11.4. The van der Waals surface area contributed by atoms with Crippen molar-refractivity contribution in [2.75, 3.05) is 7.11 Å². The van der Waals surface area contributed by atoms with Crippen LogP contribution in [0.3, 0.4) is 0 Å². The van der Waals surface area contributed by atoms with Gasteiger partial charge in [-0.3, -0.25) is 0 Å². The van der Waals surface area contributed by atoms with Crippen LogP contribution in [0.4, 0.5) is 0 Å². The average molecular weight is 240 g/mol. The first-order chi connectivity index (χ1) is 7.83. The number of hydrogen-bond donors (Lipinski definition) is 1. The zero-order valence-electron chi connectivity index (χ0n) is 10.0. The van der Waals surface area contributed by atoms with Crippen molar-refractivity contribution in [3.63, 3.8) is 0 Å². The molecule has 2 rings (SSSR count). The van der Waals surface area contributed by atoms with Gasteiger partial charge < -0.3 is 10.1 Å². The topological polar surface area (TPSA) is 34.2 Å². The van der Waals surface area contributed by atoms with Gasteiger partial charge in [0.05, 0.1) is 11.1 Å². The molecule has 0 amide bonds. The number of methoxy groups -OCH3 is 1. The molecular formula is C12H20N2OS. The molecule has 0 aliphatic heterocycles. The third kappa shape index (κ3) is 2.81. The van der Waals surface area contributed by atoms with E-state index in [-0.39, 0.29) is 0 Å². The maximum atomic E-state index is 5.46. The molecule has 0 saturated heterocycles. The van der Waals surface area contributed by atoms with Gasteiger partial charge in [0.2, 0.25) is 0 Å². The summed E-state index contributed by atoms with van der Waals surface area (Å²) in [4.78, 5) is 5.70. The monoisotopic (exact) mass is 240 g/mol. The van der Waals surface area contributed by atoms with Crippen LogP contribution in [-0.4, -0.2) is 24.2 Å². The highest BCUT2D eigenvalue weighted by Gasteiger charge is 2.26. The van der Waals surface area contributed by atoms with Gasteiger partial charge in [0, 0.05) is 30.8 Å². The van der Waals surface area contributed by atoms with E-state index in [9.17, 15) is 0 Å². The fraction of sp³-hybridized carbons (Fsp3) is 0.750. The van der Waals surface area contributed by atoms with Crippen LogP contribution in [0, 0.1) is 0 Å². The third-order valence-corrected chi connectivity index (χ3v) is 4.34. The third-order valence-electron chi connectivity index (χ3n) is 3.20. The van der Waals surface area contributed by atoms with E-state index in [4.69, 9.17) is 4.74 Å². The molecule has 1 saturated carbocycles. The molecule has 3 nitrogen and oxygen atoms in total. The van der Waals surface area contributed by atoms with Crippen LogP contribution in [0.2, 0.25) is 0 Å². The summed E-state index contributed by atoms with van der Waals surface area (Å²) in [5.41, 5.74) is 0. The van der Waals surface area contributed by atoms with E-state index in [1.54, 1.807) is 0 Å². The molecule has 90 valence electrons. The van der Waals surface area contributed by atoms with E-state index >= 15 is 0 Å². The lowest BCUT2D eigenvalue weighted by Crippen LogP contribution is -2.36. The summed E-state index contributed by atoms with van der Waals surface area (Å²) in [5.74, 6) is 0. The van der Waals surface area contributed by atoms with Crippen LogP contribution in [-0.2, 0) is 17.7 Å². The van der Waals surface area contributed by atoms with Crippen LogP contribution in [0.25, 0.3) is 0 Å². The quantitative estimate of drug-likeness (QED) is 0.858. The van der Waals surface area contributed by atoms with Crippen molar-refractivity contribution in [3.05, 3.63) is 16.1 Å². The number of hydrogen-bond acceptors (Lipinski definition) is 4. The van der Waals surface area contributed by atoms with E-state index < -0.39 is 0 Å². The Morgan fingerprint density at radius 1 is 1.56 bits per heavy atom. The second-order valence-electron chi connectivity index (χ2n) is 4.27. The summed E-state index contributed by atoms with van der Waals surface area (Å²) < 4.78 is 5.46. The van der Waals surface area contributed by atoms with Crippen LogP contribution in [0.1, 0.15) is 36.1 Å². The van der Waals surface area contributed by atoms with Gasteiger partial charge in [0.25, 0.3) is 0 Å². The number of ether oxygens (including phenoxy) is 1. The Hall–Kier alpha value is -0.450. The second kappa shape index (κ2) is 5.75. The lowest BCUT2D eigenvalue weighted by Gasteiger charge is -2.18. The highest BCUT2D eigenvalue weighted by atomic mass is 32.1. The molecular weight excluding hydrogens is 220 g/mol. The van der Waals surface area contributed by atoms with Crippen molar-refractivity contribution in [2.24, 2.45) is 0 Å². The van der Waals surface area contributed by atoms with Gasteiger partial charge in [-0.1, -0.05) is 6.92 Å². The van der Waals surface area contributed by atoms with E-state index in [1.165, 1.54) is 29.1 Å². The van der Waals surface area contributed by atoms with Gasteiger partial charge >= 0.3 is 0 Å². The van der Waals surface area contributed by atoms with Gasteiger partial charge in [-0.05, 0) is 25.7 Å². The molecule has 16 heavy (non-hydrogen) atoms. The minimum atomic E-state index is 0.401. The maximum Gasteiger partial charge on any atom is 0.0925 e. The standard InChI is InChI=1S/C12H20N2OS/c1-3-12-14-8-9(16-12)7-13-10-5-4-6-11(10)15-2/h8,10-11,13H,3-7H2,1-2H3. The number of nitrogens with one attached hydrogen (secondary N) is 1. The van der Waals surface area contributed by atoms with Gasteiger partial charge in [-0.25, -0.2) is 4.98 Å². The number of aryl methyl sites for hydroxylation is 1. The number of thiazole rings is 1. The molecule has 1 N–H and O–H groups in total. The van der Waals surface area contributed by atoms with E-state index in [0.29, 0.717) is 12.1 Å². The molecule has 1 aromatic heterocycles. The number of aromatic nitrogens is 1. The summed E-state index contributed by atoms with van der Waals surface area (Å²) in [7, 11) is 1.81. The highest BCUT2D eigenvalue weighted by molar-refractivity contribution is 7.11. The SMILES string of the molecule is CCc1ncc(CNC2CCCC2OC)s1. The van der Waals surface area contributed by atoms with E-state index in [1.807, 2.05) is 24.6 Å². The first-order valence-corrected chi connectivity index (χ1v) is 6.85. The van der Waals surface area contributed by atoms with E-state index in [2.05, 4.69) is 17.2 Å². The Morgan fingerprint density at radius 3 is 3.12 bits per heavy atom. The Labute approximate surface area is 101 Å². The van der Waals surface area contributed by atoms with Crippen LogP contribution in [0.15, 0.2) is 6.20 Å². The van der Waals surface area contributed by atoms with E-state index in [0.717, 1.165) is 13.0 Å². The lowest BCUT2D eigenvalue weighted by molar-refractivity contribution is 0.0848. The largest absolute Gasteiger partial charge is 0.380 e. The van der Waals surface area contributed by atoms with Crippen molar-refractivity contribution in [3.8, 4) is 0 Å². The summed E-state index contributed by atoms with van der Waals surface area (Å²) >= 11 is 1.81. The Bertz CT molecular complexity index is 327. The predicted octanol–water partition coefficient (Wildman–Crippen LogP) is 2.36. The van der Waals surface area contributed by atoms with Gasteiger partial charge in [0.15, 0.2) is 0 Å². The molecule has 0 radical (unpaired) electrons. The molecule has 1 fully saturated rings. The number of rotatable bonds is 5. The normalized spacial score (nSPS) is 25.1. The average Bonchev–Trinajstić information content (AvgIpc) is 2.94. The van der Waals surface area contributed by atoms with Crippen molar-refractivity contribution >= 4 is 11.3 Å². The smallest absolute Gasteiger partial charge is 0.0925 e. The molecule has 1 aliphatic carbocycles. The summed E-state index contributed by atoms with van der Waals surface area (Å²) in [6.07, 6.45) is 7.13. The number of nitrogens with zero attached hydrogens (tertiary/aromatic N) is 1. The second-order valence-corrected chi connectivity index (χ2v) is 5.47. The molecule has 1 aromatic rings. The predicted molar refractivity (Wildman–Crippen MR) is 66.8 cm³/mol. The fourth-order valence-corrected chi connectivity index (χ4v) is 3.08. The van der Waals surface area contributed by atoms with Gasteiger partial charge in [-0.15, -0.1) is 11.3 Å². The highest BCUT2D eigenvalue weighted by Crippen LogP contribution is 2.22. The van der Waals surface area contributed by atoms with Crippen molar-refractivity contribution in [1.29, 1.82) is 0 Å². The van der Waals surface area contributed by atoms with Gasteiger partial charge in [0.1, 0.15) is 0 Å². The van der Waals surface area contributed by atoms with Crippen molar-refractivity contribution < 1.29 is 4.74 Å². The van der Waals surface area contributed by atoms with Crippen molar-refractivity contribution in [2.45, 2.75) is 51.3 Å². The Balaban J connectivity index is 1.82. The Morgan fingerprint density at radius 2 is 2.44 bits per heavy atom. The lowest BCUT2D eigenvalue weighted by atomic mass is 10.2. The first kappa shape index (κ1) is 12.0. The first-order valence-electron chi connectivity index (χ1n) is 6.03. The summed E-state index contributed by atoms with van der Waals surface area (Å²) in [6.45, 7) is 3.08. The minimum absolute atomic E-state index is 0.401. The molecule has 0 bridgehead atoms. The van der Waals surface area contributed by atoms with Crippen LogP contribution >= 0.6 is 11.3 Å². The minimum Gasteiger partial charge on any atom is -0.380 e. The maximum absolute atomic E-state index is 5.46. The molecule has 2 atom stereocenters. The molecule has 2 unspecified atom stereocenters. The van der Waals surface area contributed by atoms with Crippen LogP contribution in [0.5, 0.6) is 0 Å². The molecule has 4 heteroatoms. The molecule has 1 heterocycles. The molecule has 0 spiro atoms. The Kier molecular flexibility index (Phi) is 4.32. The fourth-order valence-electron chi connectivity index (χ4n) is 2.27. The molecule has 0 aromatic carbocycles. The summed E-state index contributed by atoms with van der Waals surface area (Å²) in [5, 5.41) is 4.81. The zero-order valence-corrected chi connectivity index (χ0v) is 10.8. The van der Waals surface area contributed by atoms with Crippen molar-refractivity contribution in [1.82, 2.24) is 10.3 Å². The van der Waals surface area contributed by atoms with Crippen LogP contribution < -0.4 is 5.32 Å². The molecule has 1 aliphatic rings. The summed E-state index contributed by atoms with van der Waals surface area (Å²) in [6, 6.07) is 0.525. The van der Waals surface area contributed by atoms with Gasteiger partial charge in [-0.2, -0.15) is 0 Å².